The van der Waals surface area contributed by atoms with Crippen LogP contribution in [0.5, 0.6) is 0 Å². The van der Waals surface area contributed by atoms with Gasteiger partial charge < -0.3 is 13.6 Å². The second kappa shape index (κ2) is 10.4. The minimum atomic E-state index is 0.907. The third-order valence-corrected chi connectivity index (χ3v) is 12.0. The van der Waals surface area contributed by atoms with Gasteiger partial charge in [0, 0.05) is 75.6 Å². The fourth-order valence-electron chi connectivity index (χ4n) is 8.54. The van der Waals surface area contributed by atoms with Gasteiger partial charge >= 0.3 is 0 Å². The molecule has 0 unspecified atom stereocenters. The van der Waals surface area contributed by atoms with Crippen LogP contribution in [0.15, 0.2) is 168 Å². The monoisotopic (exact) mass is 681 g/mol. The van der Waals surface area contributed by atoms with Gasteiger partial charge in [0.1, 0.15) is 11.2 Å². The molecule has 0 amide bonds. The van der Waals surface area contributed by atoms with Gasteiger partial charge in [-0.1, -0.05) is 84.9 Å². The molecular formula is C47H27N3OS. The van der Waals surface area contributed by atoms with Crippen LogP contribution >= 0.6 is 11.3 Å². The van der Waals surface area contributed by atoms with Crippen molar-refractivity contribution in [3.8, 4) is 22.6 Å². The van der Waals surface area contributed by atoms with Crippen LogP contribution in [0.25, 0.3) is 108 Å². The predicted octanol–water partition coefficient (Wildman–Crippen LogP) is 13.2. The van der Waals surface area contributed by atoms with Crippen LogP contribution in [0.1, 0.15) is 0 Å². The number of benzene rings is 7. The van der Waals surface area contributed by atoms with Crippen molar-refractivity contribution < 1.29 is 4.42 Å². The summed E-state index contributed by atoms with van der Waals surface area (Å²) in [6.07, 6.45) is 1.86. The molecule has 0 N–H and O–H groups in total. The number of thiophene rings is 1. The Balaban J connectivity index is 1.14. The van der Waals surface area contributed by atoms with E-state index in [0.717, 1.165) is 44.6 Å². The summed E-state index contributed by atoms with van der Waals surface area (Å²) < 4.78 is 13.7. The molecule has 0 atom stereocenters. The Morgan fingerprint density at radius 3 is 1.73 bits per heavy atom. The highest BCUT2D eigenvalue weighted by Crippen LogP contribution is 2.47. The molecule has 0 bridgehead atoms. The Bertz CT molecular complexity index is 3420. The largest absolute Gasteiger partial charge is 0.456 e. The number of aromatic nitrogens is 3. The van der Waals surface area contributed by atoms with Crippen molar-refractivity contribution in [2.45, 2.75) is 0 Å². The Hall–Kier alpha value is -6.69. The zero-order valence-corrected chi connectivity index (χ0v) is 28.6. The first kappa shape index (κ1) is 28.1. The predicted molar refractivity (Wildman–Crippen MR) is 219 cm³/mol. The number of pyridine rings is 1. The first-order valence-corrected chi connectivity index (χ1v) is 18.4. The number of hydrogen-bond donors (Lipinski definition) is 0. The van der Waals surface area contributed by atoms with Gasteiger partial charge in [0.25, 0.3) is 0 Å². The average Bonchev–Trinajstić information content (AvgIpc) is 3.95. The molecule has 12 rings (SSSR count). The van der Waals surface area contributed by atoms with E-state index in [2.05, 4.69) is 148 Å². The highest BCUT2D eigenvalue weighted by Gasteiger charge is 2.21. The summed E-state index contributed by atoms with van der Waals surface area (Å²) in [7, 11) is 0. The van der Waals surface area contributed by atoms with Crippen LogP contribution in [0.2, 0.25) is 0 Å². The summed E-state index contributed by atoms with van der Waals surface area (Å²) in [6, 6.07) is 56.6. The smallest absolute Gasteiger partial charge is 0.135 e. The highest BCUT2D eigenvalue weighted by molar-refractivity contribution is 7.27. The fraction of sp³-hybridized carbons (Fsp3) is 0. The molecule has 0 spiro atoms. The molecular weight excluding hydrogens is 655 g/mol. The number of furan rings is 1. The number of para-hydroxylation sites is 3. The van der Waals surface area contributed by atoms with Crippen LogP contribution < -0.4 is 0 Å². The molecule has 52 heavy (non-hydrogen) atoms. The Morgan fingerprint density at radius 1 is 0.423 bits per heavy atom. The van der Waals surface area contributed by atoms with E-state index in [4.69, 9.17) is 4.42 Å². The Kier molecular flexibility index (Phi) is 5.62. The van der Waals surface area contributed by atoms with Gasteiger partial charge in [0.15, 0.2) is 0 Å². The van der Waals surface area contributed by atoms with Gasteiger partial charge in [0.2, 0.25) is 0 Å². The van der Waals surface area contributed by atoms with Gasteiger partial charge in [-0.3, -0.25) is 4.98 Å². The number of nitrogens with zero attached hydrogens (tertiary/aromatic N) is 3. The maximum Gasteiger partial charge on any atom is 0.135 e. The van der Waals surface area contributed by atoms with E-state index >= 15 is 0 Å². The molecule has 242 valence electrons. The molecule has 5 aromatic heterocycles. The summed E-state index contributed by atoms with van der Waals surface area (Å²) >= 11 is 1.92. The van der Waals surface area contributed by atoms with Gasteiger partial charge in [-0.15, -0.1) is 11.3 Å². The van der Waals surface area contributed by atoms with Crippen LogP contribution in [0.4, 0.5) is 0 Å². The van der Waals surface area contributed by atoms with Gasteiger partial charge in [-0.25, -0.2) is 0 Å². The second-order valence-corrected chi connectivity index (χ2v) is 14.5. The van der Waals surface area contributed by atoms with E-state index < -0.39 is 0 Å². The number of fused-ring (bicyclic) bond motifs is 14. The lowest BCUT2D eigenvalue weighted by molar-refractivity contribution is 0.669. The van der Waals surface area contributed by atoms with Crippen molar-refractivity contribution in [2.24, 2.45) is 0 Å². The lowest BCUT2D eigenvalue weighted by atomic mass is 10.1. The summed E-state index contributed by atoms with van der Waals surface area (Å²) in [5, 5.41) is 9.97. The maximum absolute atomic E-state index is 6.20. The third kappa shape index (κ3) is 3.78. The van der Waals surface area contributed by atoms with Crippen molar-refractivity contribution in [1.82, 2.24) is 14.1 Å². The van der Waals surface area contributed by atoms with Gasteiger partial charge in [-0.05, 0) is 72.8 Å². The average molecular weight is 682 g/mol. The zero-order valence-electron chi connectivity index (χ0n) is 27.7. The van der Waals surface area contributed by atoms with E-state index in [9.17, 15) is 0 Å². The SMILES string of the molecule is c1ccc(-c2cccc(-n3c4ccccc4c4c5sc6c(ccc7c6c6ccccc6n7-c6ccc7oc8ccccc8c7c6)c5ccc43)c2)nc1. The molecule has 4 nitrogen and oxygen atoms in total. The number of hydrogen-bond acceptors (Lipinski definition) is 3. The van der Waals surface area contributed by atoms with Gasteiger partial charge in [0.05, 0.1) is 27.8 Å². The molecule has 0 aliphatic heterocycles. The molecule has 5 heterocycles. The molecule has 0 fully saturated rings. The lowest BCUT2D eigenvalue weighted by Gasteiger charge is -2.10. The molecule has 0 radical (unpaired) electrons. The first-order chi connectivity index (χ1) is 25.8. The van der Waals surface area contributed by atoms with Crippen molar-refractivity contribution >= 4 is 97.1 Å². The zero-order chi connectivity index (χ0) is 33.9. The molecule has 5 heteroatoms. The molecule has 0 saturated carbocycles. The van der Waals surface area contributed by atoms with E-state index in [0.29, 0.717) is 0 Å². The normalized spacial score (nSPS) is 12.2. The van der Waals surface area contributed by atoms with Crippen LogP contribution in [-0.2, 0) is 0 Å². The van der Waals surface area contributed by atoms with E-state index in [1.54, 1.807) is 0 Å². The fourth-order valence-corrected chi connectivity index (χ4v) is 9.96. The molecule has 0 aliphatic rings. The summed E-state index contributed by atoms with van der Waals surface area (Å²) in [5.74, 6) is 0. The van der Waals surface area contributed by atoms with Crippen molar-refractivity contribution in [3.05, 3.63) is 164 Å². The Labute approximate surface area is 301 Å². The Morgan fingerprint density at radius 2 is 1.04 bits per heavy atom. The summed E-state index contributed by atoms with van der Waals surface area (Å²) in [5.41, 5.74) is 11.0. The van der Waals surface area contributed by atoms with Crippen molar-refractivity contribution in [3.63, 3.8) is 0 Å². The van der Waals surface area contributed by atoms with Crippen LogP contribution in [0, 0.1) is 0 Å². The molecule has 0 saturated heterocycles. The molecule has 12 aromatic rings. The number of rotatable bonds is 3. The third-order valence-electron chi connectivity index (χ3n) is 10.8. The maximum atomic E-state index is 6.20. The summed E-state index contributed by atoms with van der Waals surface area (Å²) in [4.78, 5) is 4.64. The second-order valence-electron chi connectivity index (χ2n) is 13.5. The topological polar surface area (TPSA) is 35.9 Å². The first-order valence-electron chi connectivity index (χ1n) is 17.5. The van der Waals surface area contributed by atoms with E-state index in [-0.39, 0.29) is 0 Å². The van der Waals surface area contributed by atoms with E-state index in [1.807, 2.05) is 41.8 Å². The minimum Gasteiger partial charge on any atom is -0.456 e. The minimum absolute atomic E-state index is 0.907. The molecule has 0 aliphatic carbocycles. The lowest BCUT2D eigenvalue weighted by Crippen LogP contribution is -1.94. The van der Waals surface area contributed by atoms with E-state index in [1.165, 1.54) is 63.8 Å². The van der Waals surface area contributed by atoms with Crippen LogP contribution in [0.3, 0.4) is 0 Å². The molecule has 7 aromatic carbocycles. The standard InChI is InChI=1S/C47H27N3OS/c1-4-16-38-34(13-1)44-40(49(38)29-11-9-10-28(26-29)37-15-7-8-25-48-37)22-20-32-33-21-23-41-45(47(33)52-46(32)44)35-14-2-5-17-39(35)50(41)30-19-24-43-36(27-30)31-12-3-6-18-42(31)51-43/h1-27H. The van der Waals surface area contributed by atoms with Crippen molar-refractivity contribution in [1.29, 1.82) is 0 Å². The van der Waals surface area contributed by atoms with Crippen LogP contribution in [-0.4, -0.2) is 14.1 Å². The highest BCUT2D eigenvalue weighted by atomic mass is 32.1. The summed E-state index contributed by atoms with van der Waals surface area (Å²) in [6.45, 7) is 0. The van der Waals surface area contributed by atoms with Crippen molar-refractivity contribution in [2.75, 3.05) is 0 Å². The quantitative estimate of drug-likeness (QED) is 0.186. The van der Waals surface area contributed by atoms with Gasteiger partial charge in [-0.2, -0.15) is 0 Å².